The molecule has 1 unspecified atom stereocenters. The highest BCUT2D eigenvalue weighted by atomic mass is 35.5. The number of tetrazole rings is 1. The molecule has 13 heteroatoms. The largest absolute Gasteiger partial charge is 0.618 e. The van der Waals surface area contributed by atoms with Crippen LogP contribution in [-0.2, 0) is 4.74 Å². The lowest BCUT2D eigenvalue weighted by molar-refractivity contribution is -0.615. The van der Waals surface area contributed by atoms with E-state index in [1.807, 2.05) is 25.3 Å². The summed E-state index contributed by atoms with van der Waals surface area (Å²) >= 11 is 6.05. The maximum Gasteiger partial charge on any atom is 0.411 e. The van der Waals surface area contributed by atoms with E-state index in [0.717, 1.165) is 11.1 Å². The molecule has 0 saturated heterocycles. The number of carbonyl (C=O) groups excluding carboxylic acids is 1. The number of amides is 1. The van der Waals surface area contributed by atoms with Gasteiger partial charge in [0.2, 0.25) is 5.69 Å². The molecule has 0 aliphatic carbocycles. The Morgan fingerprint density at radius 3 is 2.59 bits per heavy atom. The van der Waals surface area contributed by atoms with Gasteiger partial charge in [-0.25, -0.2) is 9.18 Å². The van der Waals surface area contributed by atoms with Crippen LogP contribution in [0, 0.1) is 11.0 Å². The van der Waals surface area contributed by atoms with Crippen molar-refractivity contribution >= 4 is 23.4 Å². The number of methoxy groups -OCH3 is 1. The zero-order chi connectivity index (χ0) is 27.5. The Kier molecular flexibility index (Phi) is 7.19. The van der Waals surface area contributed by atoms with Crippen LogP contribution in [0.4, 0.5) is 14.9 Å². The molecule has 5 rings (SSSR count). The minimum Gasteiger partial charge on any atom is -0.618 e. The van der Waals surface area contributed by atoms with Crippen molar-refractivity contribution < 1.29 is 18.7 Å². The van der Waals surface area contributed by atoms with Gasteiger partial charge in [0.15, 0.2) is 12.0 Å². The number of pyridine rings is 1. The molecule has 0 bridgehead atoms. The van der Waals surface area contributed by atoms with Crippen LogP contribution in [0.3, 0.4) is 0 Å². The minimum atomic E-state index is -0.686. The van der Waals surface area contributed by atoms with Crippen molar-refractivity contribution in [2.45, 2.75) is 19.4 Å². The first-order valence-electron chi connectivity index (χ1n) is 11.8. The highest BCUT2D eigenvalue weighted by molar-refractivity contribution is 6.31. The third-order valence-corrected chi connectivity index (χ3v) is 6.49. The van der Waals surface area contributed by atoms with E-state index in [9.17, 15) is 10.0 Å². The lowest BCUT2D eigenvalue weighted by Gasteiger charge is -2.17. The van der Waals surface area contributed by atoms with E-state index in [4.69, 9.17) is 11.6 Å². The number of nitrogens with zero attached hydrogens (tertiary/aromatic N) is 7. The predicted octanol–water partition coefficient (Wildman–Crippen LogP) is 4.80. The first kappa shape index (κ1) is 25.8. The van der Waals surface area contributed by atoms with E-state index in [1.54, 1.807) is 41.2 Å². The fourth-order valence-electron chi connectivity index (χ4n) is 4.28. The number of benzene rings is 2. The molecule has 1 amide bonds. The molecule has 0 spiro atoms. The minimum absolute atomic E-state index is 0.0898. The monoisotopic (exact) mass is 548 g/mol. The first-order chi connectivity index (χ1) is 18.9. The number of carbonyl (C=O) groups is 1. The van der Waals surface area contributed by atoms with Crippen LogP contribution in [0.5, 0.6) is 0 Å². The molecule has 1 atom stereocenters. The summed E-state index contributed by atoms with van der Waals surface area (Å²) in [6, 6.07) is 13.1. The molecule has 198 valence electrons. The van der Waals surface area contributed by atoms with Gasteiger partial charge >= 0.3 is 6.09 Å². The van der Waals surface area contributed by atoms with Gasteiger partial charge in [-0.15, -0.1) is 5.10 Å². The summed E-state index contributed by atoms with van der Waals surface area (Å²) in [6.45, 7) is 1.94. The molecule has 39 heavy (non-hydrogen) atoms. The maximum absolute atomic E-state index is 15.2. The van der Waals surface area contributed by atoms with Gasteiger partial charge in [0.1, 0.15) is 12.4 Å². The van der Waals surface area contributed by atoms with Gasteiger partial charge in [0.25, 0.3) is 0 Å². The first-order valence-corrected chi connectivity index (χ1v) is 12.2. The predicted molar refractivity (Wildman–Crippen MR) is 141 cm³/mol. The molecule has 5 aromatic rings. The molecule has 0 radical (unpaired) electrons. The summed E-state index contributed by atoms with van der Waals surface area (Å²) in [5.41, 5.74) is 3.49. The molecule has 0 fully saturated rings. The van der Waals surface area contributed by atoms with Crippen molar-refractivity contribution in [3.63, 3.8) is 0 Å². The Morgan fingerprint density at radius 1 is 1.15 bits per heavy atom. The Balaban J connectivity index is 1.45. The second-order valence-electron chi connectivity index (χ2n) is 8.51. The van der Waals surface area contributed by atoms with Crippen molar-refractivity contribution in [1.82, 2.24) is 30.0 Å². The molecule has 3 heterocycles. The van der Waals surface area contributed by atoms with E-state index in [1.165, 1.54) is 30.4 Å². The summed E-state index contributed by atoms with van der Waals surface area (Å²) < 4.78 is 23.5. The Hall–Kier alpha value is -4.84. The van der Waals surface area contributed by atoms with E-state index in [2.05, 4.69) is 30.7 Å². The highest BCUT2D eigenvalue weighted by Crippen LogP contribution is 2.33. The molecule has 1 N–H and O–H groups in total. The number of hydrogen-bond acceptors (Lipinski definition) is 7. The van der Waals surface area contributed by atoms with Crippen molar-refractivity contribution in [2.24, 2.45) is 0 Å². The Labute approximate surface area is 227 Å². The van der Waals surface area contributed by atoms with Gasteiger partial charge < -0.3 is 9.94 Å². The van der Waals surface area contributed by atoms with Gasteiger partial charge in [0.05, 0.1) is 35.1 Å². The molecule has 3 aromatic heterocycles. The molecule has 0 aliphatic heterocycles. The normalized spacial score (nSPS) is 11.8. The second kappa shape index (κ2) is 10.9. The van der Waals surface area contributed by atoms with E-state index in [0.29, 0.717) is 33.8 Å². The maximum atomic E-state index is 15.2. The van der Waals surface area contributed by atoms with Gasteiger partial charge in [-0.3, -0.25) is 10.00 Å². The summed E-state index contributed by atoms with van der Waals surface area (Å²) in [4.78, 5) is 11.4. The molecule has 11 nitrogen and oxygen atoms in total. The number of anilines is 1. The highest BCUT2D eigenvalue weighted by Gasteiger charge is 2.24. The number of aromatic nitrogens is 7. The lowest BCUT2D eigenvalue weighted by Crippen LogP contribution is -2.35. The molecule has 0 saturated carbocycles. The number of halogens is 2. The number of hydrogen-bond donors (Lipinski definition) is 1. The Bertz CT molecular complexity index is 1620. The van der Waals surface area contributed by atoms with E-state index in [-0.39, 0.29) is 16.6 Å². The molecule has 2 aromatic carbocycles. The van der Waals surface area contributed by atoms with Gasteiger partial charge in [-0.05, 0) is 52.7 Å². The lowest BCUT2D eigenvalue weighted by atomic mass is 10.0. The fraction of sp³-hybridized carbons (Fsp3) is 0.154. The zero-order valence-electron chi connectivity index (χ0n) is 20.8. The number of nitrogens with one attached hydrogen (secondary N) is 1. The standard InChI is InChI=1S/C26H22ClFN8O3/c1-3-21(34-13-18(12-30-34)16-4-7-19(8-5-16)31-26(37)39-2)22-10-6-17(14-36(22)38)24-23(35-15-29-32-33-35)11-9-20(27)25(24)28/h4-15,21H,3H2,1-2H3,(H,31,37). The van der Waals surface area contributed by atoms with Crippen molar-refractivity contribution in [2.75, 3.05) is 12.4 Å². The summed E-state index contributed by atoms with van der Waals surface area (Å²) in [7, 11) is 1.30. The van der Waals surface area contributed by atoms with Crippen LogP contribution in [0.1, 0.15) is 25.1 Å². The number of rotatable bonds is 7. The molecular formula is C26H22ClFN8O3. The average molecular weight is 549 g/mol. The van der Waals surface area contributed by atoms with Gasteiger partial charge in [-0.1, -0.05) is 30.7 Å². The van der Waals surface area contributed by atoms with Crippen LogP contribution in [0.15, 0.2) is 73.4 Å². The third kappa shape index (κ3) is 5.14. The summed E-state index contributed by atoms with van der Waals surface area (Å²) in [6.07, 6.45) is 6.20. The SMILES string of the molecule is CCC(c1ccc(-c2c(-n3cnnn3)ccc(Cl)c2F)c[n+]1[O-])n1cc(-c2ccc(NC(=O)OC)cc2)cn1. The summed E-state index contributed by atoms with van der Waals surface area (Å²) in [5, 5.41) is 31.3. The van der Waals surface area contributed by atoms with E-state index < -0.39 is 11.9 Å². The van der Waals surface area contributed by atoms with Crippen LogP contribution in [-0.4, -0.2) is 43.2 Å². The van der Waals surface area contributed by atoms with Crippen molar-refractivity contribution in [1.29, 1.82) is 0 Å². The van der Waals surface area contributed by atoms with Crippen LogP contribution in [0.2, 0.25) is 5.02 Å². The van der Waals surface area contributed by atoms with Gasteiger partial charge in [0, 0.05) is 23.5 Å². The number of ether oxygens (including phenoxy) is 1. The Morgan fingerprint density at radius 2 is 1.92 bits per heavy atom. The van der Waals surface area contributed by atoms with Crippen molar-refractivity contribution in [3.8, 4) is 27.9 Å². The quantitative estimate of drug-likeness (QED) is 0.229. The van der Waals surface area contributed by atoms with Crippen LogP contribution < -0.4 is 10.0 Å². The fourth-order valence-corrected chi connectivity index (χ4v) is 4.44. The average Bonchev–Trinajstić information content (AvgIpc) is 3.65. The van der Waals surface area contributed by atoms with Crippen molar-refractivity contribution in [3.05, 3.63) is 95.2 Å². The van der Waals surface area contributed by atoms with E-state index >= 15 is 4.39 Å². The summed E-state index contributed by atoms with van der Waals surface area (Å²) in [5.74, 6) is -0.686. The second-order valence-corrected chi connectivity index (χ2v) is 8.91. The molecule has 0 aliphatic rings. The third-order valence-electron chi connectivity index (χ3n) is 6.20. The zero-order valence-corrected chi connectivity index (χ0v) is 21.6. The van der Waals surface area contributed by atoms with Crippen LogP contribution in [0.25, 0.3) is 27.9 Å². The molecular weight excluding hydrogens is 527 g/mol. The topological polar surface area (TPSA) is 127 Å². The smallest absolute Gasteiger partial charge is 0.411 e. The van der Waals surface area contributed by atoms with Crippen LogP contribution >= 0.6 is 11.6 Å². The van der Waals surface area contributed by atoms with Gasteiger partial charge in [-0.2, -0.15) is 14.5 Å².